The molecular weight excluding hydrogens is 192 g/mol. The van der Waals surface area contributed by atoms with E-state index in [0.717, 1.165) is 19.3 Å². The van der Waals surface area contributed by atoms with E-state index >= 15 is 0 Å². The van der Waals surface area contributed by atoms with Crippen molar-refractivity contribution < 1.29 is 9.59 Å². The van der Waals surface area contributed by atoms with Gasteiger partial charge in [-0.3, -0.25) is 9.59 Å². The van der Waals surface area contributed by atoms with E-state index in [-0.39, 0.29) is 24.4 Å². The molecule has 1 saturated heterocycles. The van der Waals surface area contributed by atoms with Crippen LogP contribution in [0.25, 0.3) is 0 Å². The molecule has 0 saturated carbocycles. The third-order valence-electron chi connectivity index (χ3n) is 2.46. The van der Waals surface area contributed by atoms with Gasteiger partial charge in [0.1, 0.15) is 6.04 Å². The first-order valence-corrected chi connectivity index (χ1v) is 5.38. The first-order chi connectivity index (χ1) is 7.19. The average molecular weight is 210 g/mol. The lowest BCUT2D eigenvalue weighted by molar-refractivity contribution is -0.144. The first kappa shape index (κ1) is 11.8. The third-order valence-corrected chi connectivity index (χ3v) is 2.46. The Kier molecular flexibility index (Phi) is 4.34. The van der Waals surface area contributed by atoms with E-state index in [2.05, 4.69) is 11.9 Å². The Balaban J connectivity index is 2.58. The van der Waals surface area contributed by atoms with Gasteiger partial charge >= 0.3 is 0 Å². The quantitative estimate of drug-likeness (QED) is 0.679. The molecule has 1 unspecified atom stereocenters. The van der Waals surface area contributed by atoms with Gasteiger partial charge in [0.05, 0.1) is 6.54 Å². The van der Waals surface area contributed by atoms with Gasteiger partial charge in [0.25, 0.3) is 0 Å². The largest absolute Gasteiger partial charge is 0.343 e. The first-order valence-electron chi connectivity index (χ1n) is 5.38. The number of nitrogens with one attached hydrogen (secondary N) is 1. The van der Waals surface area contributed by atoms with Crippen molar-refractivity contribution in [1.82, 2.24) is 10.2 Å². The molecule has 1 rings (SSSR count). The smallest absolute Gasteiger partial charge is 0.245 e. The van der Waals surface area contributed by atoms with Crippen molar-refractivity contribution in [1.29, 1.82) is 0 Å². The van der Waals surface area contributed by atoms with Gasteiger partial charge in [-0.15, -0.1) is 6.58 Å². The van der Waals surface area contributed by atoms with Crippen LogP contribution in [0.5, 0.6) is 0 Å². The van der Waals surface area contributed by atoms with Crippen molar-refractivity contribution in [2.45, 2.75) is 32.2 Å². The highest BCUT2D eigenvalue weighted by atomic mass is 16.2. The van der Waals surface area contributed by atoms with Crippen LogP contribution in [0.15, 0.2) is 12.7 Å². The van der Waals surface area contributed by atoms with Gasteiger partial charge < -0.3 is 10.2 Å². The predicted molar refractivity (Wildman–Crippen MR) is 58.2 cm³/mol. The fraction of sp³-hybridized carbons (Fsp3) is 0.636. The minimum atomic E-state index is -0.318. The van der Waals surface area contributed by atoms with E-state index in [1.54, 1.807) is 11.0 Å². The second-order valence-electron chi connectivity index (χ2n) is 3.75. The molecule has 0 aromatic carbocycles. The highest BCUT2D eigenvalue weighted by Gasteiger charge is 2.31. The van der Waals surface area contributed by atoms with Crippen LogP contribution in [0.4, 0.5) is 0 Å². The number of piperazine rings is 1. The summed E-state index contributed by atoms with van der Waals surface area (Å²) in [5.41, 5.74) is 0. The van der Waals surface area contributed by atoms with Gasteiger partial charge in [-0.2, -0.15) is 0 Å². The molecule has 0 spiro atoms. The minimum absolute atomic E-state index is 0.0401. The lowest BCUT2D eigenvalue weighted by Gasteiger charge is -2.32. The Morgan fingerprint density at radius 3 is 2.93 bits per heavy atom. The van der Waals surface area contributed by atoms with Crippen LogP contribution in [0, 0.1) is 0 Å². The molecule has 15 heavy (non-hydrogen) atoms. The second-order valence-corrected chi connectivity index (χ2v) is 3.75. The van der Waals surface area contributed by atoms with Gasteiger partial charge in [0.2, 0.25) is 11.8 Å². The second kappa shape index (κ2) is 5.53. The lowest BCUT2D eigenvalue weighted by atomic mass is 10.1. The van der Waals surface area contributed by atoms with Gasteiger partial charge in [-0.25, -0.2) is 0 Å². The summed E-state index contributed by atoms with van der Waals surface area (Å²) in [5, 5.41) is 2.72. The van der Waals surface area contributed by atoms with Crippen LogP contribution in [0.3, 0.4) is 0 Å². The maximum absolute atomic E-state index is 11.8. The van der Waals surface area contributed by atoms with Gasteiger partial charge in [0.15, 0.2) is 0 Å². The number of rotatable bonds is 5. The predicted octanol–water partition coefficient (Wildman–Crippen LogP) is 0.690. The number of carbonyl (C=O) groups is 2. The molecule has 84 valence electrons. The fourth-order valence-electron chi connectivity index (χ4n) is 1.69. The molecule has 1 aliphatic heterocycles. The molecule has 1 heterocycles. The zero-order chi connectivity index (χ0) is 11.3. The average Bonchev–Trinajstić information content (AvgIpc) is 2.21. The van der Waals surface area contributed by atoms with Crippen molar-refractivity contribution >= 4 is 11.8 Å². The molecule has 2 amide bonds. The van der Waals surface area contributed by atoms with E-state index in [4.69, 9.17) is 0 Å². The molecule has 0 bridgehead atoms. The fourth-order valence-corrected chi connectivity index (χ4v) is 1.69. The van der Waals surface area contributed by atoms with E-state index in [1.807, 2.05) is 6.92 Å². The Hall–Kier alpha value is -1.32. The van der Waals surface area contributed by atoms with Crippen LogP contribution in [0.2, 0.25) is 0 Å². The number of hydrogen-bond donors (Lipinski definition) is 1. The van der Waals surface area contributed by atoms with Crippen molar-refractivity contribution in [3.8, 4) is 0 Å². The van der Waals surface area contributed by atoms with Crippen molar-refractivity contribution in [2.75, 3.05) is 13.1 Å². The SMILES string of the molecule is C=CCCN1CC(=O)NC(CCC)C1=O. The van der Waals surface area contributed by atoms with E-state index in [1.165, 1.54) is 0 Å². The highest BCUT2D eigenvalue weighted by molar-refractivity contribution is 5.94. The zero-order valence-corrected chi connectivity index (χ0v) is 9.16. The molecule has 0 aromatic heterocycles. The van der Waals surface area contributed by atoms with E-state index < -0.39 is 0 Å². The van der Waals surface area contributed by atoms with E-state index in [0.29, 0.717) is 6.54 Å². The molecule has 0 aromatic rings. The lowest BCUT2D eigenvalue weighted by Crippen LogP contribution is -2.57. The molecule has 1 aliphatic rings. The molecule has 4 nitrogen and oxygen atoms in total. The van der Waals surface area contributed by atoms with Gasteiger partial charge in [0, 0.05) is 6.54 Å². The summed E-state index contributed by atoms with van der Waals surface area (Å²) in [7, 11) is 0. The normalized spacial score (nSPS) is 21.4. The number of carbonyl (C=O) groups excluding carboxylic acids is 2. The Morgan fingerprint density at radius 1 is 1.60 bits per heavy atom. The highest BCUT2D eigenvalue weighted by Crippen LogP contribution is 2.08. The molecule has 0 aliphatic carbocycles. The molecular formula is C11H18N2O2. The zero-order valence-electron chi connectivity index (χ0n) is 9.16. The van der Waals surface area contributed by atoms with Gasteiger partial charge in [-0.1, -0.05) is 19.4 Å². The summed E-state index contributed by atoms with van der Waals surface area (Å²) in [6.07, 6.45) is 4.10. The Morgan fingerprint density at radius 2 is 2.33 bits per heavy atom. The van der Waals surface area contributed by atoms with Crippen LogP contribution in [0.1, 0.15) is 26.2 Å². The molecule has 1 atom stereocenters. The monoisotopic (exact) mass is 210 g/mol. The van der Waals surface area contributed by atoms with Gasteiger partial charge in [-0.05, 0) is 12.8 Å². The van der Waals surface area contributed by atoms with Crippen LogP contribution < -0.4 is 5.32 Å². The topological polar surface area (TPSA) is 49.4 Å². The number of hydrogen-bond acceptors (Lipinski definition) is 2. The molecule has 1 N–H and O–H groups in total. The van der Waals surface area contributed by atoms with E-state index in [9.17, 15) is 9.59 Å². The van der Waals surface area contributed by atoms with Crippen LogP contribution in [-0.4, -0.2) is 35.8 Å². The summed E-state index contributed by atoms with van der Waals surface area (Å²) in [6, 6.07) is -0.318. The van der Waals surface area contributed by atoms with Crippen molar-refractivity contribution in [3.05, 3.63) is 12.7 Å². The number of amides is 2. The Bertz CT molecular complexity index is 263. The van der Waals surface area contributed by atoms with Crippen LogP contribution >= 0.6 is 0 Å². The maximum Gasteiger partial charge on any atom is 0.245 e. The minimum Gasteiger partial charge on any atom is -0.343 e. The summed E-state index contributed by atoms with van der Waals surface area (Å²) in [6.45, 7) is 6.39. The summed E-state index contributed by atoms with van der Waals surface area (Å²) >= 11 is 0. The molecule has 1 fully saturated rings. The summed E-state index contributed by atoms with van der Waals surface area (Å²) < 4.78 is 0. The summed E-state index contributed by atoms with van der Waals surface area (Å²) in [4.78, 5) is 24.8. The van der Waals surface area contributed by atoms with Crippen molar-refractivity contribution in [2.24, 2.45) is 0 Å². The molecule has 0 radical (unpaired) electrons. The maximum atomic E-state index is 11.8. The Labute approximate surface area is 90.3 Å². The van der Waals surface area contributed by atoms with Crippen molar-refractivity contribution in [3.63, 3.8) is 0 Å². The third kappa shape index (κ3) is 3.08. The summed E-state index contributed by atoms with van der Waals surface area (Å²) in [5.74, 6) is -0.0181. The standard InChI is InChI=1S/C11H18N2O2/c1-3-5-7-13-8-10(14)12-9(6-4-2)11(13)15/h3,9H,1,4-8H2,2H3,(H,12,14). The number of nitrogens with zero attached hydrogens (tertiary/aromatic N) is 1. The van der Waals surface area contributed by atoms with Crippen LogP contribution in [-0.2, 0) is 9.59 Å². The molecule has 4 heteroatoms.